The molecule has 0 radical (unpaired) electrons. The SMILES string of the molecule is Cc1cc(Br)c(C(N)c2ccc(F)cc2Br)s1. The summed E-state index contributed by atoms with van der Waals surface area (Å²) in [6, 6.07) is 6.36. The molecule has 2 aromatic rings. The van der Waals surface area contributed by atoms with E-state index in [1.807, 2.05) is 13.0 Å². The maximum Gasteiger partial charge on any atom is 0.124 e. The molecule has 1 aromatic heterocycles. The number of hydrogen-bond acceptors (Lipinski definition) is 2. The Balaban J connectivity index is 2.43. The molecule has 1 heterocycles. The summed E-state index contributed by atoms with van der Waals surface area (Å²) in [7, 11) is 0. The van der Waals surface area contributed by atoms with Crippen molar-refractivity contribution in [2.45, 2.75) is 13.0 Å². The zero-order valence-corrected chi connectivity index (χ0v) is 13.0. The minimum atomic E-state index is -0.269. The van der Waals surface area contributed by atoms with Crippen LogP contribution >= 0.6 is 43.2 Å². The van der Waals surface area contributed by atoms with Crippen molar-refractivity contribution in [2.24, 2.45) is 5.73 Å². The van der Waals surface area contributed by atoms with Gasteiger partial charge in [-0.2, -0.15) is 0 Å². The number of halogens is 3. The standard InChI is InChI=1S/C12H10Br2FNS/c1-6-4-10(14)12(17-6)11(16)8-3-2-7(15)5-9(8)13/h2-5,11H,16H2,1H3. The molecular formula is C12H10Br2FNS. The highest BCUT2D eigenvalue weighted by Gasteiger charge is 2.17. The van der Waals surface area contributed by atoms with Gasteiger partial charge >= 0.3 is 0 Å². The van der Waals surface area contributed by atoms with Gasteiger partial charge in [0, 0.05) is 18.7 Å². The Hall–Kier alpha value is -0.230. The number of nitrogens with two attached hydrogens (primary N) is 1. The van der Waals surface area contributed by atoms with E-state index in [2.05, 4.69) is 31.9 Å². The van der Waals surface area contributed by atoms with Crippen LogP contribution in [0.5, 0.6) is 0 Å². The number of thiophene rings is 1. The number of aryl methyl sites for hydroxylation is 1. The van der Waals surface area contributed by atoms with Gasteiger partial charge in [-0.05, 0) is 46.6 Å². The number of benzene rings is 1. The van der Waals surface area contributed by atoms with Gasteiger partial charge in [0.2, 0.25) is 0 Å². The first-order chi connectivity index (χ1) is 7.99. The summed E-state index contributed by atoms with van der Waals surface area (Å²) in [5, 5.41) is 0. The predicted octanol–water partition coefficient (Wildman–Crippen LogP) is 4.77. The minimum Gasteiger partial charge on any atom is -0.320 e. The zero-order chi connectivity index (χ0) is 12.6. The normalized spacial score (nSPS) is 12.8. The third kappa shape index (κ3) is 2.78. The highest BCUT2D eigenvalue weighted by Crippen LogP contribution is 2.36. The highest BCUT2D eigenvalue weighted by molar-refractivity contribution is 9.10. The molecule has 1 aromatic carbocycles. The van der Waals surface area contributed by atoms with Crippen LogP contribution in [0.1, 0.15) is 21.4 Å². The van der Waals surface area contributed by atoms with Crippen molar-refractivity contribution in [3.8, 4) is 0 Å². The Morgan fingerprint density at radius 1 is 1.24 bits per heavy atom. The fourth-order valence-electron chi connectivity index (χ4n) is 1.61. The largest absolute Gasteiger partial charge is 0.320 e. The van der Waals surface area contributed by atoms with E-state index in [-0.39, 0.29) is 11.9 Å². The van der Waals surface area contributed by atoms with Crippen molar-refractivity contribution in [1.82, 2.24) is 0 Å². The maximum absolute atomic E-state index is 13.0. The molecule has 90 valence electrons. The van der Waals surface area contributed by atoms with Gasteiger partial charge in [0.1, 0.15) is 5.82 Å². The molecule has 0 saturated carbocycles. The lowest BCUT2D eigenvalue weighted by molar-refractivity contribution is 0.625. The van der Waals surface area contributed by atoms with Crippen LogP contribution in [0.2, 0.25) is 0 Å². The van der Waals surface area contributed by atoms with Gasteiger partial charge in [-0.15, -0.1) is 11.3 Å². The van der Waals surface area contributed by atoms with E-state index in [9.17, 15) is 4.39 Å². The van der Waals surface area contributed by atoms with Crippen molar-refractivity contribution in [2.75, 3.05) is 0 Å². The summed E-state index contributed by atoms with van der Waals surface area (Å²) >= 11 is 8.48. The molecule has 17 heavy (non-hydrogen) atoms. The summed E-state index contributed by atoms with van der Waals surface area (Å²) in [6.45, 7) is 2.03. The lowest BCUT2D eigenvalue weighted by Gasteiger charge is -2.13. The van der Waals surface area contributed by atoms with E-state index in [0.29, 0.717) is 4.47 Å². The fraction of sp³-hybridized carbons (Fsp3) is 0.167. The van der Waals surface area contributed by atoms with E-state index in [0.717, 1.165) is 14.9 Å². The first-order valence-corrected chi connectivity index (χ1v) is 7.35. The minimum absolute atomic E-state index is 0.252. The number of rotatable bonds is 2. The van der Waals surface area contributed by atoms with Crippen molar-refractivity contribution < 1.29 is 4.39 Å². The Morgan fingerprint density at radius 2 is 1.94 bits per heavy atom. The quantitative estimate of drug-likeness (QED) is 0.800. The maximum atomic E-state index is 13.0. The van der Waals surface area contributed by atoms with Crippen molar-refractivity contribution in [3.63, 3.8) is 0 Å². The van der Waals surface area contributed by atoms with Crippen LogP contribution < -0.4 is 5.73 Å². The van der Waals surface area contributed by atoms with Crippen LogP contribution in [-0.2, 0) is 0 Å². The van der Waals surface area contributed by atoms with E-state index >= 15 is 0 Å². The van der Waals surface area contributed by atoms with Crippen molar-refractivity contribution in [3.05, 3.63) is 54.3 Å². The van der Waals surface area contributed by atoms with Gasteiger partial charge in [0.25, 0.3) is 0 Å². The van der Waals surface area contributed by atoms with E-state index in [4.69, 9.17) is 5.73 Å². The molecule has 2 N–H and O–H groups in total. The molecule has 0 aliphatic rings. The summed E-state index contributed by atoms with van der Waals surface area (Å²) in [4.78, 5) is 2.25. The van der Waals surface area contributed by atoms with Crippen LogP contribution in [0.25, 0.3) is 0 Å². The van der Waals surface area contributed by atoms with Gasteiger partial charge in [-0.1, -0.05) is 22.0 Å². The summed E-state index contributed by atoms with van der Waals surface area (Å²) < 4.78 is 14.7. The first kappa shape index (κ1) is 13.2. The second-order valence-corrected chi connectivity index (χ2v) is 6.71. The molecule has 0 saturated heterocycles. The molecule has 1 nitrogen and oxygen atoms in total. The van der Waals surface area contributed by atoms with E-state index < -0.39 is 0 Å². The van der Waals surface area contributed by atoms with Crippen LogP contribution in [0.4, 0.5) is 4.39 Å². The zero-order valence-electron chi connectivity index (χ0n) is 9.01. The molecule has 2 rings (SSSR count). The molecule has 1 unspecified atom stereocenters. The molecule has 0 spiro atoms. The summed E-state index contributed by atoms with van der Waals surface area (Å²) in [6.07, 6.45) is 0. The van der Waals surface area contributed by atoms with Gasteiger partial charge in [0.15, 0.2) is 0 Å². The molecule has 1 atom stereocenters. The molecule has 5 heteroatoms. The van der Waals surface area contributed by atoms with Crippen LogP contribution in [0.15, 0.2) is 33.2 Å². The Kier molecular flexibility index (Phi) is 4.02. The number of hydrogen-bond donors (Lipinski definition) is 1. The van der Waals surface area contributed by atoms with Gasteiger partial charge in [-0.3, -0.25) is 0 Å². The molecular weight excluding hydrogens is 369 g/mol. The molecule has 0 aliphatic carbocycles. The van der Waals surface area contributed by atoms with Crippen LogP contribution in [0.3, 0.4) is 0 Å². The van der Waals surface area contributed by atoms with Gasteiger partial charge in [0.05, 0.1) is 6.04 Å². The Bertz CT molecular complexity index is 553. The third-order valence-corrected chi connectivity index (χ3v) is 5.16. The second-order valence-electron chi connectivity index (χ2n) is 3.71. The fourth-order valence-corrected chi connectivity index (χ4v) is 4.12. The second kappa shape index (κ2) is 5.18. The van der Waals surface area contributed by atoms with E-state index in [1.165, 1.54) is 17.0 Å². The first-order valence-electron chi connectivity index (χ1n) is 4.95. The molecule has 0 fully saturated rings. The molecule has 0 aliphatic heterocycles. The molecule has 0 bridgehead atoms. The molecule has 0 amide bonds. The lowest BCUT2D eigenvalue weighted by atomic mass is 10.1. The summed E-state index contributed by atoms with van der Waals surface area (Å²) in [5.41, 5.74) is 7.09. The van der Waals surface area contributed by atoms with Gasteiger partial charge in [-0.25, -0.2) is 4.39 Å². The van der Waals surface area contributed by atoms with E-state index in [1.54, 1.807) is 17.4 Å². The summed E-state index contributed by atoms with van der Waals surface area (Å²) in [5.74, 6) is -0.269. The topological polar surface area (TPSA) is 26.0 Å². The van der Waals surface area contributed by atoms with Crippen LogP contribution in [0, 0.1) is 12.7 Å². The van der Waals surface area contributed by atoms with Crippen molar-refractivity contribution >= 4 is 43.2 Å². The highest BCUT2D eigenvalue weighted by atomic mass is 79.9. The van der Waals surface area contributed by atoms with Crippen LogP contribution in [-0.4, -0.2) is 0 Å². The third-order valence-electron chi connectivity index (χ3n) is 2.42. The Morgan fingerprint density at radius 3 is 2.47 bits per heavy atom. The van der Waals surface area contributed by atoms with Crippen molar-refractivity contribution in [1.29, 1.82) is 0 Å². The Labute approximate surface area is 120 Å². The van der Waals surface area contributed by atoms with Gasteiger partial charge < -0.3 is 5.73 Å². The monoisotopic (exact) mass is 377 g/mol. The predicted molar refractivity (Wildman–Crippen MR) is 76.9 cm³/mol. The average molecular weight is 379 g/mol. The smallest absolute Gasteiger partial charge is 0.124 e. The lowest BCUT2D eigenvalue weighted by Crippen LogP contribution is -2.11. The average Bonchev–Trinajstić information content (AvgIpc) is 2.57.